The Morgan fingerprint density at radius 1 is 1.14 bits per heavy atom. The predicted octanol–water partition coefficient (Wildman–Crippen LogP) is 4.12. The van der Waals surface area contributed by atoms with Crippen LogP contribution in [0.4, 0.5) is 0 Å². The highest BCUT2D eigenvalue weighted by Crippen LogP contribution is 2.31. The summed E-state index contributed by atoms with van der Waals surface area (Å²) in [5.41, 5.74) is 1.64. The largest absolute Gasteiger partial charge is 0.478 e. The molecule has 0 saturated carbocycles. The monoisotopic (exact) mass is 400 g/mol. The van der Waals surface area contributed by atoms with Gasteiger partial charge in [-0.15, -0.1) is 10.2 Å². The van der Waals surface area contributed by atoms with Crippen LogP contribution in [0.5, 0.6) is 0 Å². The summed E-state index contributed by atoms with van der Waals surface area (Å²) in [5, 5.41) is 26.2. The number of thioether (sulfide) groups is 1. The molecule has 0 amide bonds. The summed E-state index contributed by atoms with van der Waals surface area (Å²) in [6.07, 6.45) is 1.93. The molecule has 0 saturated heterocycles. The minimum absolute atomic E-state index is 0.0369. The van der Waals surface area contributed by atoms with Crippen LogP contribution in [0.3, 0.4) is 0 Å². The van der Waals surface area contributed by atoms with E-state index < -0.39 is 11.9 Å². The van der Waals surface area contributed by atoms with Crippen LogP contribution in [0.2, 0.25) is 0 Å². The number of carboxylic acid groups (broad SMARTS) is 2. The maximum atomic E-state index is 11.5. The second-order valence-electron chi connectivity index (χ2n) is 5.77. The summed E-state index contributed by atoms with van der Waals surface area (Å²) in [4.78, 5) is 22.6. The minimum Gasteiger partial charge on any atom is -0.478 e. The predicted molar refractivity (Wildman–Crippen MR) is 101 cm³/mol. The molecule has 8 nitrogen and oxygen atoms in total. The van der Waals surface area contributed by atoms with Crippen LogP contribution in [0.1, 0.15) is 34.5 Å². The first kappa shape index (κ1) is 19.4. The van der Waals surface area contributed by atoms with Crippen LogP contribution in [0, 0.1) is 6.92 Å². The lowest BCUT2D eigenvalue weighted by Gasteiger charge is -2.04. The quantitative estimate of drug-likeness (QED) is 0.445. The van der Waals surface area contributed by atoms with Crippen LogP contribution in [0.25, 0.3) is 17.4 Å². The van der Waals surface area contributed by atoms with Gasteiger partial charge in [-0.2, -0.15) is 0 Å². The molecule has 9 heteroatoms. The van der Waals surface area contributed by atoms with Gasteiger partial charge >= 0.3 is 11.9 Å². The Morgan fingerprint density at radius 2 is 1.93 bits per heavy atom. The zero-order chi connectivity index (χ0) is 20.3. The Hall–Kier alpha value is -3.33. The highest BCUT2D eigenvalue weighted by Gasteiger charge is 2.16. The molecule has 0 aliphatic rings. The third-order valence-corrected chi connectivity index (χ3v) is 4.65. The van der Waals surface area contributed by atoms with E-state index in [1.165, 1.54) is 12.1 Å². The molecule has 144 valence electrons. The minimum atomic E-state index is -1.15. The van der Waals surface area contributed by atoms with Gasteiger partial charge in [0.2, 0.25) is 5.89 Å². The summed E-state index contributed by atoms with van der Waals surface area (Å²) in [6.45, 7) is 3.63. The van der Waals surface area contributed by atoms with E-state index in [2.05, 4.69) is 10.2 Å². The fourth-order valence-electron chi connectivity index (χ4n) is 2.43. The van der Waals surface area contributed by atoms with Gasteiger partial charge < -0.3 is 19.0 Å². The third-order valence-electron chi connectivity index (χ3n) is 3.80. The maximum absolute atomic E-state index is 11.5. The number of benzene rings is 1. The van der Waals surface area contributed by atoms with Crippen LogP contribution in [-0.2, 0) is 11.2 Å². The molecule has 0 fully saturated rings. The average molecular weight is 400 g/mol. The molecule has 0 aliphatic carbocycles. The summed E-state index contributed by atoms with van der Waals surface area (Å²) < 4.78 is 11.1. The first-order valence-corrected chi connectivity index (χ1v) is 9.08. The number of hydrogen-bond acceptors (Lipinski definition) is 7. The molecule has 2 N–H and O–H groups in total. The van der Waals surface area contributed by atoms with Gasteiger partial charge in [0.05, 0.1) is 5.56 Å². The Balaban J connectivity index is 1.86. The van der Waals surface area contributed by atoms with E-state index in [4.69, 9.17) is 13.9 Å². The van der Waals surface area contributed by atoms with Gasteiger partial charge in [-0.3, -0.25) is 0 Å². The van der Waals surface area contributed by atoms with Crippen molar-refractivity contribution in [3.8, 4) is 11.3 Å². The van der Waals surface area contributed by atoms with Crippen molar-refractivity contribution in [2.75, 3.05) is 0 Å². The van der Waals surface area contributed by atoms with Crippen molar-refractivity contribution in [3.63, 3.8) is 0 Å². The van der Waals surface area contributed by atoms with E-state index in [9.17, 15) is 14.7 Å². The Labute approximate surface area is 163 Å². The molecule has 2 aromatic heterocycles. The van der Waals surface area contributed by atoms with Crippen LogP contribution >= 0.6 is 11.8 Å². The number of aromatic carboxylic acids is 1. The topological polar surface area (TPSA) is 127 Å². The van der Waals surface area contributed by atoms with Gasteiger partial charge in [0.25, 0.3) is 5.22 Å². The summed E-state index contributed by atoms with van der Waals surface area (Å²) in [5.74, 6) is -0.902. The van der Waals surface area contributed by atoms with Crippen molar-refractivity contribution in [1.82, 2.24) is 10.2 Å². The van der Waals surface area contributed by atoms with E-state index in [0.29, 0.717) is 23.8 Å². The summed E-state index contributed by atoms with van der Waals surface area (Å²) in [6, 6.07) is 8.02. The number of nitrogens with zero attached hydrogens (tertiary/aromatic N) is 2. The normalized spacial score (nSPS) is 11.6. The molecular formula is C19H16N2O6S. The molecule has 2 heterocycles. The van der Waals surface area contributed by atoms with Gasteiger partial charge in [0, 0.05) is 18.1 Å². The van der Waals surface area contributed by atoms with Crippen molar-refractivity contribution in [1.29, 1.82) is 0 Å². The van der Waals surface area contributed by atoms with E-state index in [1.807, 2.05) is 6.92 Å². The van der Waals surface area contributed by atoms with Crippen molar-refractivity contribution in [3.05, 3.63) is 58.0 Å². The van der Waals surface area contributed by atoms with Gasteiger partial charge in [0.15, 0.2) is 0 Å². The fourth-order valence-corrected chi connectivity index (χ4v) is 3.10. The van der Waals surface area contributed by atoms with Crippen molar-refractivity contribution < 1.29 is 28.6 Å². The number of carboxylic acids is 2. The van der Waals surface area contributed by atoms with Crippen LogP contribution in [0.15, 0.2) is 49.3 Å². The molecule has 0 aliphatic heterocycles. The first-order valence-electron chi connectivity index (χ1n) is 8.26. The van der Waals surface area contributed by atoms with Crippen molar-refractivity contribution in [2.24, 2.45) is 0 Å². The summed E-state index contributed by atoms with van der Waals surface area (Å²) in [7, 11) is 0. The van der Waals surface area contributed by atoms with E-state index in [1.54, 1.807) is 31.2 Å². The Bertz CT molecular complexity index is 1070. The molecule has 0 atom stereocenters. The van der Waals surface area contributed by atoms with Gasteiger partial charge in [-0.1, -0.05) is 13.0 Å². The van der Waals surface area contributed by atoms with E-state index >= 15 is 0 Å². The molecule has 3 aromatic rings. The molecule has 0 bridgehead atoms. The maximum Gasteiger partial charge on any atom is 0.342 e. The smallest absolute Gasteiger partial charge is 0.342 e. The van der Waals surface area contributed by atoms with Crippen molar-refractivity contribution in [2.45, 2.75) is 25.5 Å². The number of carbonyl (C=O) groups is 2. The third kappa shape index (κ3) is 4.32. The first-order chi connectivity index (χ1) is 13.4. The Morgan fingerprint density at radius 3 is 2.54 bits per heavy atom. The molecular weight excluding hydrogens is 384 g/mol. The van der Waals surface area contributed by atoms with E-state index in [0.717, 1.165) is 22.9 Å². The highest BCUT2D eigenvalue weighted by atomic mass is 32.2. The van der Waals surface area contributed by atoms with Gasteiger partial charge in [-0.25, -0.2) is 9.59 Å². The molecule has 28 heavy (non-hydrogen) atoms. The second kappa shape index (κ2) is 8.13. The van der Waals surface area contributed by atoms with Crippen molar-refractivity contribution >= 4 is 29.8 Å². The standard InChI is InChI=1S/C19H16N2O6S/c1-3-16-20-21-19(27-16)28-15(18(24)25)9-12-5-7-14(26-12)13-6-4-11(17(22)23)8-10(13)2/h4-9H,3H2,1-2H3,(H,22,23)(H,24,25)/b15-9+. The SMILES string of the molecule is CCc1nnc(S/C(=C/c2ccc(-c3ccc(C(=O)O)cc3C)o2)C(=O)O)o1. The number of aryl methyl sites for hydroxylation is 2. The van der Waals surface area contributed by atoms with Gasteiger partial charge in [0.1, 0.15) is 16.4 Å². The fraction of sp³-hybridized carbons (Fsp3) is 0.158. The lowest BCUT2D eigenvalue weighted by atomic mass is 10.0. The molecule has 0 radical (unpaired) electrons. The number of aromatic nitrogens is 2. The summed E-state index contributed by atoms with van der Waals surface area (Å²) >= 11 is 0.837. The van der Waals surface area contributed by atoms with Crippen LogP contribution < -0.4 is 0 Å². The molecule has 0 unspecified atom stereocenters. The molecule has 1 aromatic carbocycles. The van der Waals surface area contributed by atoms with Gasteiger partial charge in [-0.05, 0) is 48.5 Å². The lowest BCUT2D eigenvalue weighted by molar-refractivity contribution is -0.131. The number of rotatable bonds is 7. The average Bonchev–Trinajstić information content (AvgIpc) is 3.30. The highest BCUT2D eigenvalue weighted by molar-refractivity contribution is 8.03. The number of hydrogen-bond donors (Lipinski definition) is 2. The zero-order valence-corrected chi connectivity index (χ0v) is 15.8. The van der Waals surface area contributed by atoms with E-state index in [-0.39, 0.29) is 15.7 Å². The molecule has 3 rings (SSSR count). The second-order valence-corrected chi connectivity index (χ2v) is 6.76. The zero-order valence-electron chi connectivity index (χ0n) is 15.0. The molecule has 0 spiro atoms. The number of aliphatic carboxylic acids is 1. The lowest BCUT2D eigenvalue weighted by Crippen LogP contribution is -1.97. The number of furan rings is 1. The Kier molecular flexibility index (Phi) is 5.65. The van der Waals surface area contributed by atoms with Crippen LogP contribution in [-0.4, -0.2) is 32.3 Å².